The van der Waals surface area contributed by atoms with Crippen LogP contribution in [0.5, 0.6) is 0 Å². The van der Waals surface area contributed by atoms with Crippen molar-refractivity contribution in [2.45, 2.75) is 6.92 Å². The smallest absolute Gasteiger partial charge is 0.254 e. The van der Waals surface area contributed by atoms with E-state index in [0.29, 0.717) is 11.1 Å². The van der Waals surface area contributed by atoms with E-state index in [1.54, 1.807) is 32.6 Å². The van der Waals surface area contributed by atoms with E-state index < -0.39 is 0 Å². The molecule has 4 heterocycles. The minimum absolute atomic E-state index is 0.107. The lowest BCUT2D eigenvalue weighted by molar-refractivity contribution is 0.0827. The van der Waals surface area contributed by atoms with Gasteiger partial charge in [0.1, 0.15) is 0 Å². The molecule has 27 heavy (non-hydrogen) atoms. The van der Waals surface area contributed by atoms with Crippen molar-refractivity contribution in [2.24, 2.45) is 0 Å². The molecule has 134 valence electrons. The lowest BCUT2D eigenvalue weighted by Gasteiger charge is -2.10. The second-order valence-electron chi connectivity index (χ2n) is 6.48. The number of pyridine rings is 3. The third kappa shape index (κ3) is 3.15. The summed E-state index contributed by atoms with van der Waals surface area (Å²) in [5, 5.41) is 7.18. The van der Waals surface area contributed by atoms with Gasteiger partial charge in [0.15, 0.2) is 0 Å². The molecule has 0 bridgehead atoms. The molecule has 0 aromatic carbocycles. The number of aryl methyl sites for hydroxylation is 1. The summed E-state index contributed by atoms with van der Waals surface area (Å²) in [6.45, 7) is 1.95. The number of rotatable bonds is 3. The van der Waals surface area contributed by atoms with Crippen LogP contribution in [0.15, 0.2) is 48.8 Å². The van der Waals surface area contributed by atoms with E-state index in [1.165, 1.54) is 4.90 Å². The molecule has 0 aliphatic rings. The zero-order chi connectivity index (χ0) is 19.0. The highest BCUT2D eigenvalue weighted by Gasteiger charge is 2.14. The average molecular weight is 358 g/mol. The molecule has 0 fully saturated rings. The fourth-order valence-electron chi connectivity index (χ4n) is 2.89. The van der Waals surface area contributed by atoms with Crippen LogP contribution in [0.2, 0.25) is 0 Å². The highest BCUT2D eigenvalue weighted by Crippen LogP contribution is 2.29. The fourth-order valence-corrected chi connectivity index (χ4v) is 2.89. The molecule has 4 rings (SSSR count). The summed E-state index contributed by atoms with van der Waals surface area (Å²) in [4.78, 5) is 27.3. The van der Waals surface area contributed by atoms with Gasteiger partial charge >= 0.3 is 0 Å². The largest absolute Gasteiger partial charge is 0.345 e. The van der Waals surface area contributed by atoms with Crippen LogP contribution >= 0.6 is 0 Å². The van der Waals surface area contributed by atoms with E-state index in [2.05, 4.69) is 20.2 Å². The Morgan fingerprint density at radius 3 is 2.63 bits per heavy atom. The van der Waals surface area contributed by atoms with Crippen LogP contribution in [-0.2, 0) is 0 Å². The van der Waals surface area contributed by atoms with Crippen molar-refractivity contribution < 1.29 is 4.79 Å². The summed E-state index contributed by atoms with van der Waals surface area (Å²) >= 11 is 0. The van der Waals surface area contributed by atoms with Crippen LogP contribution < -0.4 is 0 Å². The van der Waals surface area contributed by atoms with E-state index >= 15 is 0 Å². The predicted molar refractivity (Wildman–Crippen MR) is 103 cm³/mol. The number of carbonyl (C=O) groups is 1. The molecule has 4 aromatic heterocycles. The second kappa shape index (κ2) is 6.60. The number of H-pyrrole nitrogens is 1. The first-order chi connectivity index (χ1) is 13.0. The third-order valence-electron chi connectivity index (χ3n) is 4.25. The van der Waals surface area contributed by atoms with Crippen LogP contribution in [-0.4, -0.2) is 50.1 Å². The van der Waals surface area contributed by atoms with Crippen LogP contribution in [0, 0.1) is 6.92 Å². The quantitative estimate of drug-likeness (QED) is 0.608. The van der Waals surface area contributed by atoms with E-state index in [1.807, 2.05) is 37.3 Å². The van der Waals surface area contributed by atoms with Gasteiger partial charge in [-0.2, -0.15) is 5.10 Å². The Bertz CT molecular complexity index is 1150. The summed E-state index contributed by atoms with van der Waals surface area (Å²) in [5.74, 6) is -0.107. The first-order valence-corrected chi connectivity index (χ1v) is 8.49. The Morgan fingerprint density at radius 1 is 1.00 bits per heavy atom. The van der Waals surface area contributed by atoms with Crippen molar-refractivity contribution in [1.82, 2.24) is 30.0 Å². The summed E-state index contributed by atoms with van der Waals surface area (Å²) < 4.78 is 0. The molecular weight excluding hydrogens is 340 g/mol. The van der Waals surface area contributed by atoms with E-state index in [0.717, 1.165) is 33.9 Å². The van der Waals surface area contributed by atoms with Gasteiger partial charge in [0, 0.05) is 31.5 Å². The van der Waals surface area contributed by atoms with Gasteiger partial charge in [0.2, 0.25) is 0 Å². The molecule has 1 N–H and O–H groups in total. The highest BCUT2D eigenvalue weighted by atomic mass is 16.2. The zero-order valence-corrected chi connectivity index (χ0v) is 15.3. The van der Waals surface area contributed by atoms with E-state index in [4.69, 9.17) is 4.98 Å². The summed E-state index contributed by atoms with van der Waals surface area (Å²) in [7, 11) is 3.42. The summed E-state index contributed by atoms with van der Waals surface area (Å²) in [6.07, 6.45) is 3.31. The standard InChI is InChI=1S/C20H18N6O/c1-12-5-4-6-17(23-12)19-14(11-22-25-19)15-7-8-16-18(24-15)9-13(10-21-16)20(27)26(2)3/h4-11H,1-3H3,(H,22,25). The van der Waals surface area contributed by atoms with Crippen molar-refractivity contribution in [3.8, 4) is 22.6 Å². The van der Waals surface area contributed by atoms with Crippen molar-refractivity contribution in [1.29, 1.82) is 0 Å². The molecule has 0 saturated carbocycles. The Hall–Kier alpha value is -3.61. The monoisotopic (exact) mass is 358 g/mol. The number of fused-ring (bicyclic) bond motifs is 1. The third-order valence-corrected chi connectivity index (χ3v) is 4.25. The maximum absolute atomic E-state index is 12.2. The molecule has 0 aliphatic carbocycles. The van der Waals surface area contributed by atoms with Gasteiger partial charge in [-0.05, 0) is 37.3 Å². The number of aromatic amines is 1. The van der Waals surface area contributed by atoms with Crippen molar-refractivity contribution >= 4 is 16.9 Å². The minimum Gasteiger partial charge on any atom is -0.345 e. The normalized spacial score (nSPS) is 10.9. The Morgan fingerprint density at radius 2 is 1.85 bits per heavy atom. The van der Waals surface area contributed by atoms with Crippen molar-refractivity contribution in [2.75, 3.05) is 14.1 Å². The molecule has 0 unspecified atom stereocenters. The van der Waals surface area contributed by atoms with Gasteiger partial charge in [-0.3, -0.25) is 19.9 Å². The number of carbonyl (C=O) groups excluding carboxylic acids is 1. The molecule has 0 spiro atoms. The van der Waals surface area contributed by atoms with Crippen LogP contribution in [0.4, 0.5) is 0 Å². The molecule has 7 heteroatoms. The van der Waals surface area contributed by atoms with Gasteiger partial charge in [0.05, 0.1) is 39.9 Å². The molecule has 0 saturated heterocycles. The van der Waals surface area contributed by atoms with Gasteiger partial charge in [-0.1, -0.05) is 6.07 Å². The summed E-state index contributed by atoms with van der Waals surface area (Å²) in [5.41, 5.74) is 6.01. The first kappa shape index (κ1) is 16.8. The number of nitrogens with zero attached hydrogens (tertiary/aromatic N) is 5. The maximum atomic E-state index is 12.2. The van der Waals surface area contributed by atoms with Gasteiger partial charge < -0.3 is 4.90 Å². The molecular formula is C20H18N6O. The van der Waals surface area contributed by atoms with Gasteiger partial charge in [-0.25, -0.2) is 4.98 Å². The summed E-state index contributed by atoms with van der Waals surface area (Å²) in [6, 6.07) is 11.4. The van der Waals surface area contributed by atoms with E-state index in [-0.39, 0.29) is 5.91 Å². The molecule has 1 amide bonds. The van der Waals surface area contributed by atoms with E-state index in [9.17, 15) is 4.79 Å². The molecule has 4 aromatic rings. The minimum atomic E-state index is -0.107. The Kier molecular flexibility index (Phi) is 4.12. The topological polar surface area (TPSA) is 87.7 Å². The molecule has 0 atom stereocenters. The highest BCUT2D eigenvalue weighted by molar-refractivity contribution is 5.96. The Balaban J connectivity index is 1.81. The van der Waals surface area contributed by atoms with Crippen molar-refractivity contribution in [3.63, 3.8) is 0 Å². The number of aromatic nitrogens is 5. The first-order valence-electron chi connectivity index (χ1n) is 8.49. The molecule has 0 radical (unpaired) electrons. The van der Waals surface area contributed by atoms with Crippen LogP contribution in [0.3, 0.4) is 0 Å². The van der Waals surface area contributed by atoms with Gasteiger partial charge in [0.25, 0.3) is 5.91 Å². The lowest BCUT2D eigenvalue weighted by Crippen LogP contribution is -2.21. The lowest BCUT2D eigenvalue weighted by atomic mass is 10.1. The van der Waals surface area contributed by atoms with Gasteiger partial charge in [-0.15, -0.1) is 0 Å². The fraction of sp³-hybridized carbons (Fsp3) is 0.150. The zero-order valence-electron chi connectivity index (χ0n) is 15.3. The average Bonchev–Trinajstić information content (AvgIpc) is 3.16. The number of amides is 1. The second-order valence-corrected chi connectivity index (χ2v) is 6.48. The number of hydrogen-bond acceptors (Lipinski definition) is 5. The van der Waals surface area contributed by atoms with Crippen LogP contribution in [0.1, 0.15) is 16.1 Å². The van der Waals surface area contributed by atoms with Crippen molar-refractivity contribution in [3.05, 3.63) is 60.0 Å². The molecule has 0 aliphatic heterocycles. The molecule has 7 nitrogen and oxygen atoms in total. The maximum Gasteiger partial charge on any atom is 0.254 e. The predicted octanol–water partition coefficient (Wildman–Crippen LogP) is 3.09. The van der Waals surface area contributed by atoms with Crippen LogP contribution in [0.25, 0.3) is 33.7 Å². The Labute approximate surface area is 156 Å². The SMILES string of the molecule is Cc1cccc(-c2[nH]ncc2-c2ccc3ncc(C(=O)N(C)C)cc3n2)n1. The number of nitrogens with one attached hydrogen (secondary N) is 1. The number of hydrogen-bond donors (Lipinski definition) is 1.